The lowest BCUT2D eigenvalue weighted by Crippen LogP contribution is -2.39. The normalized spacial score (nSPS) is 14.3. The lowest BCUT2D eigenvalue weighted by atomic mass is 10.1. The van der Waals surface area contributed by atoms with E-state index in [0.717, 1.165) is 5.71 Å². The number of nitrogens with zero attached hydrogens (tertiary/aromatic N) is 2. The zero-order valence-corrected chi connectivity index (χ0v) is 13.4. The third kappa shape index (κ3) is 4.59. The van der Waals surface area contributed by atoms with Gasteiger partial charge in [0.25, 0.3) is 0 Å². The van der Waals surface area contributed by atoms with Crippen LogP contribution in [0.3, 0.4) is 0 Å². The van der Waals surface area contributed by atoms with E-state index >= 15 is 0 Å². The molecule has 8 heteroatoms. The molecule has 1 saturated heterocycles. The maximum Gasteiger partial charge on any atom is 0.409 e. The summed E-state index contributed by atoms with van der Waals surface area (Å²) in [6.07, 6.45) is 0.914. The van der Waals surface area contributed by atoms with Crippen molar-refractivity contribution in [2.75, 3.05) is 25.1 Å². The number of hydrogen-bond donors (Lipinski definition) is 1. The Bertz CT molecular complexity index is 623. The molecule has 7 nitrogen and oxygen atoms in total. The standard InChI is InChI=1S/C15H18ClN3O4/c1-2-23-15(22)19-7-5-11(6-8-19)17-18-13-9-10(14(20)21)3-4-12(13)16/h3-4,9,18H,2,5-8H2,1H3,(H,20,21)/p-1. The summed E-state index contributed by atoms with van der Waals surface area (Å²) < 4.78 is 4.95. The second-order valence-corrected chi connectivity index (χ2v) is 5.37. The van der Waals surface area contributed by atoms with E-state index in [1.54, 1.807) is 11.8 Å². The Labute approximate surface area is 138 Å². The van der Waals surface area contributed by atoms with Gasteiger partial charge in [0.05, 0.1) is 23.3 Å². The van der Waals surface area contributed by atoms with Crippen LogP contribution in [-0.2, 0) is 4.74 Å². The van der Waals surface area contributed by atoms with Crippen LogP contribution in [0, 0.1) is 0 Å². The SMILES string of the molecule is CCOC(=O)N1CCC(=NNc2cc(C(=O)[O-])ccc2Cl)CC1. The Kier molecular flexibility index (Phi) is 5.81. The Morgan fingerprint density at radius 3 is 2.70 bits per heavy atom. The van der Waals surface area contributed by atoms with Gasteiger partial charge in [0, 0.05) is 31.6 Å². The molecule has 0 radical (unpaired) electrons. The van der Waals surface area contributed by atoms with Crippen molar-refractivity contribution >= 4 is 35.1 Å². The van der Waals surface area contributed by atoms with Gasteiger partial charge in [0.15, 0.2) is 0 Å². The summed E-state index contributed by atoms with van der Waals surface area (Å²) in [4.78, 5) is 24.1. The Morgan fingerprint density at radius 1 is 1.39 bits per heavy atom. The topological polar surface area (TPSA) is 94.1 Å². The highest BCUT2D eigenvalue weighted by molar-refractivity contribution is 6.33. The molecule has 124 valence electrons. The molecule has 0 saturated carbocycles. The fourth-order valence-electron chi connectivity index (χ4n) is 2.15. The highest BCUT2D eigenvalue weighted by atomic mass is 35.5. The van der Waals surface area contributed by atoms with Gasteiger partial charge < -0.3 is 19.5 Å². The van der Waals surface area contributed by atoms with Crippen LogP contribution in [0.2, 0.25) is 5.02 Å². The minimum Gasteiger partial charge on any atom is -0.545 e. The first kappa shape index (κ1) is 17.1. The molecule has 0 aliphatic carbocycles. The van der Waals surface area contributed by atoms with Crippen molar-refractivity contribution in [1.29, 1.82) is 0 Å². The van der Waals surface area contributed by atoms with E-state index < -0.39 is 5.97 Å². The molecule has 1 heterocycles. The third-order valence-electron chi connectivity index (χ3n) is 3.40. The van der Waals surface area contributed by atoms with E-state index in [1.165, 1.54) is 18.2 Å². The van der Waals surface area contributed by atoms with Gasteiger partial charge >= 0.3 is 6.09 Å². The molecule has 1 aliphatic heterocycles. The maximum atomic E-state index is 11.6. The minimum absolute atomic E-state index is 0.0224. The second kappa shape index (κ2) is 7.82. The summed E-state index contributed by atoms with van der Waals surface area (Å²) in [5, 5.41) is 15.5. The smallest absolute Gasteiger partial charge is 0.409 e. The Morgan fingerprint density at radius 2 is 2.09 bits per heavy atom. The lowest BCUT2D eigenvalue weighted by Gasteiger charge is -2.26. The summed E-state index contributed by atoms with van der Waals surface area (Å²) in [6.45, 7) is 3.19. The van der Waals surface area contributed by atoms with Gasteiger partial charge in [-0.25, -0.2) is 4.79 Å². The number of hydrogen-bond acceptors (Lipinski definition) is 6. The van der Waals surface area contributed by atoms with Crippen LogP contribution in [0.15, 0.2) is 23.3 Å². The number of benzene rings is 1. The number of ether oxygens (including phenoxy) is 1. The highest BCUT2D eigenvalue weighted by Gasteiger charge is 2.20. The number of piperidine rings is 1. The fraction of sp³-hybridized carbons (Fsp3) is 0.400. The number of hydrazone groups is 1. The summed E-state index contributed by atoms with van der Waals surface area (Å²) in [5.41, 5.74) is 4.07. The van der Waals surface area contributed by atoms with E-state index in [2.05, 4.69) is 10.5 Å². The fourth-order valence-corrected chi connectivity index (χ4v) is 2.31. The predicted molar refractivity (Wildman–Crippen MR) is 84.7 cm³/mol. The molecule has 1 aliphatic rings. The molecular weight excluding hydrogens is 322 g/mol. The number of carbonyl (C=O) groups excluding carboxylic acids is 2. The lowest BCUT2D eigenvalue weighted by molar-refractivity contribution is -0.255. The first-order valence-electron chi connectivity index (χ1n) is 7.25. The van der Waals surface area contributed by atoms with E-state index in [4.69, 9.17) is 16.3 Å². The minimum atomic E-state index is -1.28. The van der Waals surface area contributed by atoms with Crippen molar-refractivity contribution in [3.05, 3.63) is 28.8 Å². The van der Waals surface area contributed by atoms with Crippen LogP contribution in [0.1, 0.15) is 30.1 Å². The number of carboxylic acid groups (broad SMARTS) is 1. The molecule has 1 aromatic rings. The number of carboxylic acids is 1. The van der Waals surface area contributed by atoms with Crippen LogP contribution in [0.4, 0.5) is 10.5 Å². The molecule has 0 spiro atoms. The first-order valence-corrected chi connectivity index (χ1v) is 7.63. The molecule has 0 unspecified atom stereocenters. The Hall–Kier alpha value is -2.28. The van der Waals surface area contributed by atoms with Crippen LogP contribution in [0.25, 0.3) is 0 Å². The number of anilines is 1. The number of rotatable bonds is 4. The summed E-state index contributed by atoms with van der Waals surface area (Å²) >= 11 is 6.00. The predicted octanol–water partition coefficient (Wildman–Crippen LogP) is 1.72. The Balaban J connectivity index is 1.96. The molecule has 1 amide bonds. The number of likely N-dealkylation sites (tertiary alicyclic amines) is 1. The number of nitrogens with one attached hydrogen (secondary N) is 1. The number of carbonyl (C=O) groups is 2. The highest BCUT2D eigenvalue weighted by Crippen LogP contribution is 2.23. The van der Waals surface area contributed by atoms with Crippen molar-refractivity contribution in [3.63, 3.8) is 0 Å². The van der Waals surface area contributed by atoms with Crippen LogP contribution < -0.4 is 10.5 Å². The number of aromatic carboxylic acids is 1. The van der Waals surface area contributed by atoms with Gasteiger partial charge in [-0.2, -0.15) is 5.10 Å². The molecular formula is C15H17ClN3O4-. The third-order valence-corrected chi connectivity index (χ3v) is 3.73. The van der Waals surface area contributed by atoms with Crippen LogP contribution in [0.5, 0.6) is 0 Å². The van der Waals surface area contributed by atoms with Crippen molar-refractivity contribution in [1.82, 2.24) is 4.90 Å². The number of amides is 1. The van der Waals surface area contributed by atoms with Gasteiger partial charge in [-0.1, -0.05) is 17.7 Å². The van der Waals surface area contributed by atoms with E-state index in [9.17, 15) is 14.7 Å². The second-order valence-electron chi connectivity index (χ2n) is 4.96. The van der Waals surface area contributed by atoms with Gasteiger partial charge in [-0.05, 0) is 24.6 Å². The molecule has 0 bridgehead atoms. The maximum absolute atomic E-state index is 11.6. The molecule has 1 fully saturated rings. The monoisotopic (exact) mass is 338 g/mol. The molecule has 1 aromatic carbocycles. The molecule has 1 N–H and O–H groups in total. The van der Waals surface area contributed by atoms with Gasteiger partial charge in [-0.15, -0.1) is 0 Å². The van der Waals surface area contributed by atoms with Gasteiger partial charge in [0.2, 0.25) is 0 Å². The average Bonchev–Trinajstić information content (AvgIpc) is 2.54. The zero-order chi connectivity index (χ0) is 16.8. The van der Waals surface area contributed by atoms with Crippen molar-refractivity contribution in [2.24, 2.45) is 5.10 Å². The summed E-state index contributed by atoms with van der Waals surface area (Å²) in [7, 11) is 0. The molecule has 0 atom stereocenters. The largest absolute Gasteiger partial charge is 0.545 e. The quantitative estimate of drug-likeness (QED) is 0.844. The molecule has 0 aromatic heterocycles. The van der Waals surface area contributed by atoms with Crippen molar-refractivity contribution in [2.45, 2.75) is 19.8 Å². The van der Waals surface area contributed by atoms with Crippen LogP contribution in [-0.4, -0.2) is 42.4 Å². The number of halogens is 1. The molecule has 23 heavy (non-hydrogen) atoms. The van der Waals surface area contributed by atoms with Gasteiger partial charge in [-0.3, -0.25) is 5.43 Å². The summed E-state index contributed by atoms with van der Waals surface area (Å²) in [5.74, 6) is -1.28. The first-order chi connectivity index (χ1) is 11.0. The van der Waals surface area contributed by atoms with Gasteiger partial charge in [0.1, 0.15) is 0 Å². The van der Waals surface area contributed by atoms with E-state index in [0.29, 0.717) is 43.2 Å². The van der Waals surface area contributed by atoms with Crippen molar-refractivity contribution in [3.8, 4) is 0 Å². The van der Waals surface area contributed by atoms with E-state index in [-0.39, 0.29) is 11.7 Å². The summed E-state index contributed by atoms with van der Waals surface area (Å²) in [6, 6.07) is 4.21. The molecule has 2 rings (SSSR count). The van der Waals surface area contributed by atoms with Crippen LogP contribution >= 0.6 is 11.6 Å². The zero-order valence-electron chi connectivity index (χ0n) is 12.7. The van der Waals surface area contributed by atoms with Crippen molar-refractivity contribution < 1.29 is 19.4 Å². The van der Waals surface area contributed by atoms with E-state index in [1.807, 2.05) is 0 Å². The average molecular weight is 339 g/mol.